The van der Waals surface area contributed by atoms with Crippen LogP contribution in [0.4, 0.5) is 0 Å². The van der Waals surface area contributed by atoms with Gasteiger partial charge in [0.15, 0.2) is 0 Å². The van der Waals surface area contributed by atoms with Crippen LogP contribution in [-0.2, 0) is 4.79 Å². The number of rotatable bonds is 7. The van der Waals surface area contributed by atoms with Gasteiger partial charge >= 0.3 is 124 Å². The van der Waals surface area contributed by atoms with Gasteiger partial charge in [-0.3, -0.25) is 0 Å². The van der Waals surface area contributed by atoms with Gasteiger partial charge in [0.2, 0.25) is 0 Å². The van der Waals surface area contributed by atoms with Crippen molar-refractivity contribution in [3.05, 3.63) is 35.9 Å². The first-order valence-electron chi connectivity index (χ1n) is 7.00. The average Bonchev–Trinajstić information content (AvgIpc) is 2.98. The van der Waals surface area contributed by atoms with E-state index in [1.165, 1.54) is 25.0 Å². The molecule has 108 valence electrons. The van der Waals surface area contributed by atoms with Crippen molar-refractivity contribution >= 4 is 36.1 Å². The Bertz CT molecular complexity index is 433. The van der Waals surface area contributed by atoms with E-state index in [2.05, 4.69) is 20.7 Å². The molecule has 1 aliphatic heterocycles. The Hall–Kier alpha value is -0.771. The number of nitrogens with one attached hydrogen (secondary N) is 1. The average molecular weight is 355 g/mol. The van der Waals surface area contributed by atoms with Crippen LogP contribution in [0.5, 0.6) is 0 Å². The molecule has 0 aromatic heterocycles. The van der Waals surface area contributed by atoms with Crippen LogP contribution in [0.3, 0.4) is 0 Å². The minimum atomic E-state index is 0.0171. The third-order valence-electron chi connectivity index (χ3n) is 3.11. The molecule has 0 saturated carbocycles. The number of carbonyl (C=O) groups is 1. The standard InChI is InChI=1S/C15H20N2OSSe/c18-15(9-5-4-8-14-10-11-19-20-14)17-16-12-13-6-2-1-3-7-13/h1-3,6-7,12,14H,4-5,8-11H2,(H,17,18)/b16-12+. The van der Waals surface area contributed by atoms with Crippen molar-refractivity contribution in [1.29, 1.82) is 0 Å². The summed E-state index contributed by atoms with van der Waals surface area (Å²) in [5, 5.41) is 3.97. The van der Waals surface area contributed by atoms with Crippen LogP contribution in [0.15, 0.2) is 35.4 Å². The SMILES string of the molecule is O=C(CCCCC1CCS[Se]1)N/N=C/c1ccccc1. The van der Waals surface area contributed by atoms with E-state index in [4.69, 9.17) is 0 Å². The fourth-order valence-corrected chi connectivity index (χ4v) is 7.43. The zero-order valence-electron chi connectivity index (χ0n) is 11.5. The molecule has 1 aliphatic rings. The van der Waals surface area contributed by atoms with Gasteiger partial charge in [-0.15, -0.1) is 0 Å². The number of benzene rings is 1. The Kier molecular flexibility index (Phi) is 7.20. The Balaban J connectivity index is 1.55. The fraction of sp³-hybridized carbons (Fsp3) is 0.467. The van der Waals surface area contributed by atoms with Gasteiger partial charge in [0, 0.05) is 0 Å². The van der Waals surface area contributed by atoms with Crippen LogP contribution in [0.2, 0.25) is 4.82 Å². The summed E-state index contributed by atoms with van der Waals surface area (Å²) in [5.74, 6) is 1.36. The zero-order valence-corrected chi connectivity index (χ0v) is 14.0. The van der Waals surface area contributed by atoms with Gasteiger partial charge in [0.1, 0.15) is 0 Å². The third-order valence-corrected chi connectivity index (χ3v) is 8.53. The number of hydrazone groups is 1. The quantitative estimate of drug-likeness (QED) is 0.353. The molecule has 1 N–H and O–H groups in total. The van der Waals surface area contributed by atoms with E-state index < -0.39 is 0 Å². The van der Waals surface area contributed by atoms with Crippen LogP contribution >= 0.6 is 10.2 Å². The molecule has 20 heavy (non-hydrogen) atoms. The van der Waals surface area contributed by atoms with Crippen LogP contribution in [0.25, 0.3) is 0 Å². The van der Waals surface area contributed by atoms with Gasteiger partial charge in [-0.25, -0.2) is 0 Å². The van der Waals surface area contributed by atoms with Crippen molar-refractivity contribution in [2.45, 2.75) is 36.9 Å². The number of nitrogens with zero attached hydrogens (tertiary/aromatic N) is 1. The molecule has 1 amide bonds. The summed E-state index contributed by atoms with van der Waals surface area (Å²) in [5.41, 5.74) is 3.58. The van der Waals surface area contributed by atoms with Crippen LogP contribution in [0, 0.1) is 0 Å². The summed E-state index contributed by atoms with van der Waals surface area (Å²) in [7, 11) is 2.12. The van der Waals surface area contributed by atoms with Crippen molar-refractivity contribution in [2.24, 2.45) is 5.10 Å². The summed E-state index contributed by atoms with van der Waals surface area (Å²) >= 11 is 0.794. The number of amides is 1. The first kappa shape index (κ1) is 15.6. The van der Waals surface area contributed by atoms with Gasteiger partial charge in [0.25, 0.3) is 0 Å². The second-order valence-corrected chi connectivity index (χ2v) is 9.71. The second-order valence-electron chi connectivity index (χ2n) is 4.78. The molecule has 0 spiro atoms. The van der Waals surface area contributed by atoms with E-state index >= 15 is 0 Å². The number of hydrogen-bond acceptors (Lipinski definition) is 3. The van der Waals surface area contributed by atoms with Gasteiger partial charge in [-0.2, -0.15) is 0 Å². The first-order chi connectivity index (χ1) is 9.84. The topological polar surface area (TPSA) is 41.5 Å². The molecule has 3 nitrogen and oxygen atoms in total. The molecule has 5 heteroatoms. The Morgan fingerprint density at radius 2 is 2.25 bits per heavy atom. The van der Waals surface area contributed by atoms with E-state index in [0.29, 0.717) is 6.42 Å². The van der Waals surface area contributed by atoms with Crippen molar-refractivity contribution in [3.8, 4) is 0 Å². The van der Waals surface area contributed by atoms with Crippen LogP contribution in [-0.4, -0.2) is 31.7 Å². The summed E-state index contributed by atoms with van der Waals surface area (Å²) in [6.07, 6.45) is 7.09. The molecule has 2 rings (SSSR count). The molecule has 0 bridgehead atoms. The van der Waals surface area contributed by atoms with Gasteiger partial charge in [0.05, 0.1) is 0 Å². The summed E-state index contributed by atoms with van der Waals surface area (Å²) in [6, 6.07) is 9.77. The van der Waals surface area contributed by atoms with Crippen LogP contribution < -0.4 is 5.43 Å². The van der Waals surface area contributed by atoms with Gasteiger partial charge < -0.3 is 0 Å². The number of hydrogen-bond donors (Lipinski definition) is 1. The molecule has 1 aromatic rings. The van der Waals surface area contributed by atoms with Crippen molar-refractivity contribution in [2.75, 3.05) is 5.75 Å². The molecule has 1 aromatic carbocycles. The summed E-state index contributed by atoms with van der Waals surface area (Å²) in [6.45, 7) is 0. The monoisotopic (exact) mass is 356 g/mol. The maximum absolute atomic E-state index is 11.6. The van der Waals surface area contributed by atoms with E-state index in [1.807, 2.05) is 30.3 Å². The number of carbonyl (C=O) groups excluding carboxylic acids is 1. The second kappa shape index (κ2) is 9.22. The van der Waals surface area contributed by atoms with Gasteiger partial charge in [-0.1, -0.05) is 6.07 Å². The Morgan fingerprint density at radius 1 is 1.40 bits per heavy atom. The molecular weight excluding hydrogens is 335 g/mol. The fourth-order valence-electron chi connectivity index (χ4n) is 2.00. The molecule has 1 atom stereocenters. The van der Waals surface area contributed by atoms with Crippen molar-refractivity contribution in [1.82, 2.24) is 5.43 Å². The molecule has 0 radical (unpaired) electrons. The molecule has 1 unspecified atom stereocenters. The molecule has 1 saturated heterocycles. The van der Waals surface area contributed by atoms with E-state index in [-0.39, 0.29) is 5.91 Å². The molecular formula is C15H20N2OSSe. The maximum atomic E-state index is 11.6. The van der Waals surface area contributed by atoms with Gasteiger partial charge in [-0.05, 0) is 0 Å². The van der Waals surface area contributed by atoms with Crippen molar-refractivity contribution < 1.29 is 4.79 Å². The summed E-state index contributed by atoms with van der Waals surface area (Å²) < 4.78 is 0. The minimum absolute atomic E-state index is 0.0171. The van der Waals surface area contributed by atoms with E-state index in [9.17, 15) is 4.79 Å². The predicted octanol–water partition coefficient (Wildman–Crippen LogP) is 3.24. The number of unbranched alkanes of at least 4 members (excludes halogenated alkanes) is 1. The van der Waals surface area contributed by atoms with E-state index in [0.717, 1.165) is 30.6 Å². The third kappa shape index (κ3) is 6.12. The Labute approximate surface area is 130 Å². The molecule has 1 fully saturated rings. The normalized spacial score (nSPS) is 18.5. The summed E-state index contributed by atoms with van der Waals surface area (Å²) in [4.78, 5) is 12.6. The predicted molar refractivity (Wildman–Crippen MR) is 87.2 cm³/mol. The zero-order chi connectivity index (χ0) is 14.0. The molecule has 0 aliphatic carbocycles. The first-order valence-corrected chi connectivity index (χ1v) is 11.0. The van der Waals surface area contributed by atoms with Crippen molar-refractivity contribution in [3.63, 3.8) is 0 Å². The van der Waals surface area contributed by atoms with E-state index in [1.54, 1.807) is 6.21 Å². The molecule has 1 heterocycles. The van der Waals surface area contributed by atoms with Crippen LogP contribution in [0.1, 0.15) is 37.7 Å². The Morgan fingerprint density at radius 3 is 3.00 bits per heavy atom.